The van der Waals surface area contributed by atoms with E-state index in [1.54, 1.807) is 6.21 Å². The first-order valence-corrected chi connectivity index (χ1v) is 6.86. The second-order valence-electron chi connectivity index (χ2n) is 5.24. The lowest BCUT2D eigenvalue weighted by atomic mass is 10.1. The zero-order valence-corrected chi connectivity index (χ0v) is 12.1. The summed E-state index contributed by atoms with van der Waals surface area (Å²) in [6.45, 7) is 4.06. The van der Waals surface area contributed by atoms with Crippen LogP contribution < -0.4 is 5.56 Å². The minimum atomic E-state index is -0.123. The molecule has 0 saturated carbocycles. The average Bonchev–Trinajstić information content (AvgIpc) is 2.47. The number of rotatable bonds is 2. The summed E-state index contributed by atoms with van der Waals surface area (Å²) < 4.78 is 0. The Hall–Kier alpha value is -2.68. The molecule has 21 heavy (non-hydrogen) atoms. The Morgan fingerprint density at radius 3 is 2.43 bits per heavy atom. The number of fused-ring (bicyclic) bond motifs is 1. The maximum atomic E-state index is 12.0. The van der Waals surface area contributed by atoms with Crippen molar-refractivity contribution in [3.05, 3.63) is 75.6 Å². The van der Waals surface area contributed by atoms with E-state index in [1.165, 1.54) is 5.56 Å². The lowest BCUT2D eigenvalue weighted by molar-refractivity contribution is 1.29. The molecule has 0 spiro atoms. The number of aromatic nitrogens is 1. The lowest BCUT2D eigenvalue weighted by Gasteiger charge is -2.01. The number of aryl methyl sites for hydroxylation is 2. The smallest absolute Gasteiger partial charge is 0.257 e. The van der Waals surface area contributed by atoms with Crippen molar-refractivity contribution in [2.75, 3.05) is 0 Å². The van der Waals surface area contributed by atoms with E-state index < -0.39 is 0 Å². The molecule has 0 aliphatic heterocycles. The molecule has 1 N–H and O–H groups in total. The summed E-state index contributed by atoms with van der Waals surface area (Å²) in [6, 6.07) is 15.7. The van der Waals surface area contributed by atoms with Crippen molar-refractivity contribution in [1.82, 2.24) is 4.98 Å². The first-order chi connectivity index (χ1) is 10.1. The first kappa shape index (κ1) is 13.3. The second kappa shape index (κ2) is 5.37. The van der Waals surface area contributed by atoms with Crippen LogP contribution in [-0.2, 0) is 0 Å². The Bertz CT molecular complexity index is 874. The molecule has 0 radical (unpaired) electrons. The molecular weight excluding hydrogens is 260 g/mol. The first-order valence-electron chi connectivity index (χ1n) is 6.86. The highest BCUT2D eigenvalue weighted by atomic mass is 16.1. The molecule has 3 nitrogen and oxygen atoms in total. The van der Waals surface area contributed by atoms with Crippen LogP contribution in [0.4, 0.5) is 5.69 Å². The van der Waals surface area contributed by atoms with Crippen LogP contribution in [0.1, 0.15) is 16.7 Å². The predicted octanol–water partition coefficient (Wildman–Crippen LogP) is 3.90. The fourth-order valence-electron chi connectivity index (χ4n) is 2.21. The Morgan fingerprint density at radius 1 is 0.952 bits per heavy atom. The van der Waals surface area contributed by atoms with Gasteiger partial charge in [-0.05, 0) is 49.6 Å². The fraction of sp³-hybridized carbons (Fsp3) is 0.111. The molecule has 3 heteroatoms. The monoisotopic (exact) mass is 276 g/mol. The highest BCUT2D eigenvalue weighted by Gasteiger charge is 2.01. The van der Waals surface area contributed by atoms with Gasteiger partial charge in [0.05, 0.1) is 11.3 Å². The number of benzene rings is 2. The molecule has 3 rings (SSSR count). The van der Waals surface area contributed by atoms with Gasteiger partial charge in [0.15, 0.2) is 0 Å². The van der Waals surface area contributed by atoms with E-state index >= 15 is 0 Å². The Balaban J connectivity index is 2.01. The third-order valence-electron chi connectivity index (χ3n) is 3.42. The molecule has 0 saturated heterocycles. The van der Waals surface area contributed by atoms with Crippen molar-refractivity contribution < 1.29 is 0 Å². The third-order valence-corrected chi connectivity index (χ3v) is 3.42. The second-order valence-corrected chi connectivity index (χ2v) is 5.24. The molecule has 2 aromatic carbocycles. The summed E-state index contributed by atoms with van der Waals surface area (Å²) >= 11 is 0. The number of aliphatic imine (C=N–C) groups is 1. The number of nitrogens with one attached hydrogen (secondary N) is 1. The van der Waals surface area contributed by atoms with E-state index in [4.69, 9.17) is 0 Å². The topological polar surface area (TPSA) is 45.2 Å². The van der Waals surface area contributed by atoms with Gasteiger partial charge in [-0.1, -0.05) is 29.3 Å². The number of nitrogens with zero attached hydrogens (tertiary/aromatic N) is 1. The quantitative estimate of drug-likeness (QED) is 0.709. The number of aromatic amines is 1. The van der Waals surface area contributed by atoms with Gasteiger partial charge in [-0.3, -0.25) is 9.79 Å². The van der Waals surface area contributed by atoms with E-state index in [0.717, 1.165) is 22.2 Å². The molecule has 0 atom stereocenters. The fourth-order valence-corrected chi connectivity index (χ4v) is 2.21. The number of pyridine rings is 1. The van der Waals surface area contributed by atoms with Gasteiger partial charge in [-0.2, -0.15) is 0 Å². The molecule has 3 aromatic rings. The normalized spacial score (nSPS) is 11.3. The van der Waals surface area contributed by atoms with Crippen molar-refractivity contribution in [1.29, 1.82) is 0 Å². The highest BCUT2D eigenvalue weighted by Crippen LogP contribution is 2.14. The molecule has 1 aromatic heterocycles. The Kier molecular flexibility index (Phi) is 3.40. The largest absolute Gasteiger partial charge is 0.321 e. The van der Waals surface area contributed by atoms with Gasteiger partial charge < -0.3 is 4.98 Å². The van der Waals surface area contributed by atoms with Gasteiger partial charge in [0.25, 0.3) is 5.56 Å². The third kappa shape index (κ3) is 2.92. The molecule has 0 aliphatic carbocycles. The van der Waals surface area contributed by atoms with Crippen molar-refractivity contribution in [3.63, 3.8) is 0 Å². The number of H-pyrrole nitrogens is 1. The van der Waals surface area contributed by atoms with Crippen LogP contribution in [0.25, 0.3) is 10.9 Å². The van der Waals surface area contributed by atoms with Gasteiger partial charge >= 0.3 is 0 Å². The van der Waals surface area contributed by atoms with Crippen LogP contribution >= 0.6 is 0 Å². The molecule has 0 unspecified atom stereocenters. The van der Waals surface area contributed by atoms with E-state index in [1.807, 2.05) is 56.3 Å². The van der Waals surface area contributed by atoms with E-state index in [0.29, 0.717) is 5.56 Å². The summed E-state index contributed by atoms with van der Waals surface area (Å²) in [5.41, 5.74) is 4.47. The average molecular weight is 276 g/mol. The lowest BCUT2D eigenvalue weighted by Crippen LogP contribution is -2.11. The Labute approximate surface area is 123 Å². The maximum Gasteiger partial charge on any atom is 0.257 e. The van der Waals surface area contributed by atoms with Gasteiger partial charge in [0, 0.05) is 11.7 Å². The van der Waals surface area contributed by atoms with Crippen LogP contribution in [0.2, 0.25) is 0 Å². The van der Waals surface area contributed by atoms with Crippen LogP contribution in [0.15, 0.2) is 58.3 Å². The van der Waals surface area contributed by atoms with Gasteiger partial charge in [0.1, 0.15) is 0 Å². The number of hydrogen-bond acceptors (Lipinski definition) is 2. The zero-order chi connectivity index (χ0) is 14.8. The molecule has 0 aliphatic rings. The van der Waals surface area contributed by atoms with Crippen molar-refractivity contribution >= 4 is 22.8 Å². The van der Waals surface area contributed by atoms with Gasteiger partial charge in [-0.25, -0.2) is 0 Å². The summed E-state index contributed by atoms with van der Waals surface area (Å²) in [4.78, 5) is 19.3. The van der Waals surface area contributed by atoms with Crippen LogP contribution in [0.5, 0.6) is 0 Å². The minimum absolute atomic E-state index is 0.123. The summed E-state index contributed by atoms with van der Waals surface area (Å²) in [6.07, 6.45) is 1.62. The SMILES string of the molecule is Cc1ccc(N=Cc2cc3cc(C)ccc3[nH]c2=O)cc1. The summed E-state index contributed by atoms with van der Waals surface area (Å²) in [5.74, 6) is 0. The molecule has 1 heterocycles. The van der Waals surface area contributed by atoms with Crippen molar-refractivity contribution in [3.8, 4) is 0 Å². The molecule has 0 bridgehead atoms. The van der Waals surface area contributed by atoms with Crippen LogP contribution in [0, 0.1) is 13.8 Å². The molecule has 0 fully saturated rings. The molecule has 0 amide bonds. The van der Waals surface area contributed by atoms with E-state index in [9.17, 15) is 4.79 Å². The summed E-state index contributed by atoms with van der Waals surface area (Å²) in [7, 11) is 0. The van der Waals surface area contributed by atoms with E-state index in [-0.39, 0.29) is 5.56 Å². The maximum absolute atomic E-state index is 12.0. The standard InChI is InChI=1S/C18H16N2O/c1-12-3-6-16(7-4-12)19-11-15-10-14-9-13(2)5-8-17(14)20-18(15)21/h3-11H,1-2H3,(H,20,21). The zero-order valence-electron chi connectivity index (χ0n) is 12.1. The van der Waals surface area contributed by atoms with Crippen molar-refractivity contribution in [2.45, 2.75) is 13.8 Å². The Morgan fingerprint density at radius 2 is 1.67 bits per heavy atom. The van der Waals surface area contributed by atoms with E-state index in [2.05, 4.69) is 16.0 Å². The van der Waals surface area contributed by atoms with Gasteiger partial charge in [0.2, 0.25) is 0 Å². The predicted molar refractivity (Wildman–Crippen MR) is 87.7 cm³/mol. The minimum Gasteiger partial charge on any atom is -0.321 e. The van der Waals surface area contributed by atoms with Gasteiger partial charge in [-0.15, -0.1) is 0 Å². The van der Waals surface area contributed by atoms with Crippen molar-refractivity contribution in [2.24, 2.45) is 4.99 Å². The van der Waals surface area contributed by atoms with Crippen LogP contribution in [0.3, 0.4) is 0 Å². The number of hydrogen-bond donors (Lipinski definition) is 1. The summed E-state index contributed by atoms with van der Waals surface area (Å²) in [5, 5.41) is 1.01. The highest BCUT2D eigenvalue weighted by molar-refractivity contribution is 5.88. The molecular formula is C18H16N2O. The molecule has 104 valence electrons. The van der Waals surface area contributed by atoms with Crippen LogP contribution in [-0.4, -0.2) is 11.2 Å².